The second-order valence-electron chi connectivity index (χ2n) is 6.42. The number of pyridine rings is 1. The van der Waals surface area contributed by atoms with Crippen molar-refractivity contribution in [3.8, 4) is 11.5 Å². The number of anilines is 1. The van der Waals surface area contributed by atoms with Gasteiger partial charge in [-0.05, 0) is 36.8 Å². The Labute approximate surface area is 136 Å². The lowest BCUT2D eigenvalue weighted by Gasteiger charge is -2.34. The molecule has 1 fully saturated rings. The van der Waals surface area contributed by atoms with Gasteiger partial charge in [0.1, 0.15) is 12.4 Å². The molecule has 6 heteroatoms. The van der Waals surface area contributed by atoms with Crippen LogP contribution in [0, 0.1) is 11.8 Å². The van der Waals surface area contributed by atoms with Gasteiger partial charge >= 0.3 is 0 Å². The first-order valence-corrected chi connectivity index (χ1v) is 8.20. The van der Waals surface area contributed by atoms with Crippen LogP contribution in [0.5, 0.6) is 0 Å². The van der Waals surface area contributed by atoms with Crippen LogP contribution >= 0.6 is 0 Å². The Bertz CT molecular complexity index is 616. The number of rotatable bonds is 5. The molecule has 0 amide bonds. The van der Waals surface area contributed by atoms with Crippen molar-refractivity contribution < 1.29 is 9.26 Å². The molecular formula is C17H24N4O2. The first-order valence-electron chi connectivity index (χ1n) is 8.20. The summed E-state index contributed by atoms with van der Waals surface area (Å²) in [6, 6.07) is 4.02. The normalized spacial score (nSPS) is 16.3. The minimum atomic E-state index is 0.347. The van der Waals surface area contributed by atoms with Crippen LogP contribution in [-0.2, 0) is 11.3 Å². The van der Waals surface area contributed by atoms with Crippen LogP contribution in [0.4, 0.5) is 5.82 Å². The lowest BCUT2D eigenvalue weighted by atomic mass is 9.87. The third kappa shape index (κ3) is 3.69. The summed E-state index contributed by atoms with van der Waals surface area (Å²) in [6.07, 6.45) is 4.28. The van der Waals surface area contributed by atoms with Crippen molar-refractivity contribution in [3.63, 3.8) is 0 Å². The van der Waals surface area contributed by atoms with Crippen molar-refractivity contribution in [1.29, 1.82) is 0 Å². The summed E-state index contributed by atoms with van der Waals surface area (Å²) < 4.78 is 10.2. The second-order valence-corrected chi connectivity index (χ2v) is 6.42. The zero-order chi connectivity index (χ0) is 16.2. The Morgan fingerprint density at radius 3 is 2.70 bits per heavy atom. The molecule has 0 atom stereocenters. The van der Waals surface area contributed by atoms with Gasteiger partial charge in [0.15, 0.2) is 5.82 Å². The summed E-state index contributed by atoms with van der Waals surface area (Å²) in [5, 5.41) is 3.87. The first-order chi connectivity index (χ1) is 11.2. The van der Waals surface area contributed by atoms with E-state index in [1.807, 2.05) is 12.1 Å². The van der Waals surface area contributed by atoms with Crippen LogP contribution in [0.3, 0.4) is 0 Å². The highest BCUT2D eigenvalue weighted by Crippen LogP contribution is 2.27. The molecule has 2 aromatic heterocycles. The smallest absolute Gasteiger partial charge is 0.259 e. The number of methoxy groups -OCH3 is 1. The molecule has 1 saturated heterocycles. The van der Waals surface area contributed by atoms with Crippen LogP contribution in [0.2, 0.25) is 0 Å². The highest BCUT2D eigenvalue weighted by Gasteiger charge is 2.22. The number of hydrogen-bond acceptors (Lipinski definition) is 6. The van der Waals surface area contributed by atoms with Crippen molar-refractivity contribution in [2.24, 2.45) is 11.8 Å². The first kappa shape index (κ1) is 15.9. The van der Waals surface area contributed by atoms with Crippen molar-refractivity contribution in [1.82, 2.24) is 15.1 Å². The summed E-state index contributed by atoms with van der Waals surface area (Å²) in [6.45, 7) is 7.13. The number of piperidine rings is 1. The molecule has 0 spiro atoms. The Balaban J connectivity index is 1.65. The number of hydrogen-bond donors (Lipinski definition) is 0. The molecule has 3 heterocycles. The number of aromatic nitrogens is 3. The molecule has 0 radical (unpaired) electrons. The molecule has 3 rings (SSSR count). The number of ether oxygens (including phenoxy) is 1. The van der Waals surface area contributed by atoms with E-state index in [4.69, 9.17) is 9.26 Å². The predicted molar refractivity (Wildman–Crippen MR) is 88.0 cm³/mol. The largest absolute Gasteiger partial charge is 0.377 e. The van der Waals surface area contributed by atoms with E-state index in [-0.39, 0.29) is 0 Å². The van der Waals surface area contributed by atoms with E-state index in [9.17, 15) is 0 Å². The van der Waals surface area contributed by atoms with E-state index in [2.05, 4.69) is 33.9 Å². The zero-order valence-corrected chi connectivity index (χ0v) is 14.0. The Hall–Kier alpha value is -1.95. The number of nitrogens with zero attached hydrogens (tertiary/aromatic N) is 4. The highest BCUT2D eigenvalue weighted by atomic mass is 16.5. The van der Waals surface area contributed by atoms with Gasteiger partial charge < -0.3 is 14.2 Å². The van der Waals surface area contributed by atoms with Crippen molar-refractivity contribution in [3.05, 3.63) is 24.2 Å². The van der Waals surface area contributed by atoms with Gasteiger partial charge in [0.2, 0.25) is 0 Å². The summed E-state index contributed by atoms with van der Waals surface area (Å²) in [5.74, 6) is 3.65. The van der Waals surface area contributed by atoms with E-state index in [0.29, 0.717) is 18.3 Å². The molecule has 23 heavy (non-hydrogen) atoms. The van der Waals surface area contributed by atoms with Gasteiger partial charge in [-0.2, -0.15) is 4.98 Å². The molecule has 0 aromatic carbocycles. The van der Waals surface area contributed by atoms with Crippen LogP contribution < -0.4 is 4.90 Å². The van der Waals surface area contributed by atoms with Gasteiger partial charge in [0, 0.05) is 26.4 Å². The monoisotopic (exact) mass is 316 g/mol. The van der Waals surface area contributed by atoms with Gasteiger partial charge in [-0.3, -0.25) is 0 Å². The predicted octanol–water partition coefficient (Wildman–Crippen LogP) is 3.15. The molecule has 124 valence electrons. The Morgan fingerprint density at radius 2 is 2.09 bits per heavy atom. The van der Waals surface area contributed by atoms with Crippen LogP contribution in [-0.4, -0.2) is 35.3 Å². The second kappa shape index (κ2) is 7.08. The van der Waals surface area contributed by atoms with Gasteiger partial charge in [0.25, 0.3) is 5.89 Å². The summed E-state index contributed by atoms with van der Waals surface area (Å²) in [4.78, 5) is 11.2. The minimum Gasteiger partial charge on any atom is -0.377 e. The molecule has 1 aliphatic rings. The third-order valence-electron chi connectivity index (χ3n) is 4.54. The average molecular weight is 316 g/mol. The van der Waals surface area contributed by atoms with E-state index < -0.39 is 0 Å². The van der Waals surface area contributed by atoms with Crippen LogP contribution in [0.25, 0.3) is 11.5 Å². The lowest BCUT2D eigenvalue weighted by Crippen LogP contribution is -2.35. The molecule has 0 bridgehead atoms. The van der Waals surface area contributed by atoms with Crippen LogP contribution in [0.15, 0.2) is 22.9 Å². The summed E-state index contributed by atoms with van der Waals surface area (Å²) >= 11 is 0. The van der Waals surface area contributed by atoms with Crippen molar-refractivity contribution in [2.75, 3.05) is 25.1 Å². The molecule has 0 saturated carbocycles. The van der Waals surface area contributed by atoms with E-state index in [1.54, 1.807) is 13.3 Å². The molecule has 2 aromatic rings. The van der Waals surface area contributed by atoms with Gasteiger partial charge in [-0.1, -0.05) is 19.0 Å². The Morgan fingerprint density at radius 1 is 1.30 bits per heavy atom. The standard InChI is InChI=1S/C17H24N4O2/c1-12(2)13-6-8-21(9-7-13)16-5-4-14(10-18-16)17-19-15(11-22-3)20-23-17/h4-5,10,12-13H,6-9,11H2,1-3H3. The highest BCUT2D eigenvalue weighted by molar-refractivity contribution is 5.54. The topological polar surface area (TPSA) is 64.3 Å². The zero-order valence-electron chi connectivity index (χ0n) is 14.0. The van der Waals surface area contributed by atoms with Crippen molar-refractivity contribution >= 4 is 5.82 Å². The lowest BCUT2D eigenvalue weighted by molar-refractivity contribution is 0.174. The molecule has 0 N–H and O–H groups in total. The van der Waals surface area contributed by atoms with E-state index >= 15 is 0 Å². The molecular weight excluding hydrogens is 292 g/mol. The third-order valence-corrected chi connectivity index (χ3v) is 4.54. The average Bonchev–Trinajstić information content (AvgIpc) is 3.04. The molecule has 0 unspecified atom stereocenters. The molecule has 6 nitrogen and oxygen atoms in total. The maximum atomic E-state index is 5.23. The molecule has 0 aliphatic carbocycles. The summed E-state index contributed by atoms with van der Waals surface area (Å²) in [5.41, 5.74) is 0.834. The maximum absolute atomic E-state index is 5.23. The van der Waals surface area contributed by atoms with Crippen molar-refractivity contribution in [2.45, 2.75) is 33.3 Å². The van der Waals surface area contributed by atoms with Gasteiger partial charge in [-0.15, -0.1) is 0 Å². The fraction of sp³-hybridized carbons (Fsp3) is 0.588. The van der Waals surface area contributed by atoms with Crippen LogP contribution in [0.1, 0.15) is 32.5 Å². The van der Waals surface area contributed by atoms with Gasteiger partial charge in [-0.25, -0.2) is 4.98 Å². The van der Waals surface area contributed by atoms with E-state index in [1.165, 1.54) is 12.8 Å². The van der Waals surface area contributed by atoms with Gasteiger partial charge in [0.05, 0.1) is 5.56 Å². The summed E-state index contributed by atoms with van der Waals surface area (Å²) in [7, 11) is 1.61. The minimum absolute atomic E-state index is 0.347. The molecule has 1 aliphatic heterocycles. The fourth-order valence-corrected chi connectivity index (χ4v) is 3.05. The quantitative estimate of drug-likeness (QED) is 0.844. The van der Waals surface area contributed by atoms with E-state index in [0.717, 1.165) is 36.3 Å². The SMILES string of the molecule is COCc1noc(-c2ccc(N3CCC(C(C)C)CC3)nc2)n1. The fourth-order valence-electron chi connectivity index (χ4n) is 3.05. The Kier molecular flexibility index (Phi) is 4.91. The maximum Gasteiger partial charge on any atom is 0.259 e.